The fourth-order valence-corrected chi connectivity index (χ4v) is 5.66. The molecular formula is C24H21N3O5S2. The van der Waals surface area contributed by atoms with E-state index in [-0.39, 0.29) is 22.4 Å². The van der Waals surface area contributed by atoms with E-state index in [9.17, 15) is 18.0 Å². The fraction of sp³-hybridized carbons (Fsp3) is 0.125. The van der Waals surface area contributed by atoms with Gasteiger partial charge in [0.15, 0.2) is 5.17 Å². The Morgan fingerprint density at radius 2 is 1.71 bits per heavy atom. The van der Waals surface area contributed by atoms with Gasteiger partial charge in [0.1, 0.15) is 11.0 Å². The lowest BCUT2D eigenvalue weighted by atomic mass is 10.2. The molecule has 1 N–H and O–H groups in total. The average Bonchev–Trinajstić information content (AvgIpc) is 3.13. The highest BCUT2D eigenvalue weighted by molar-refractivity contribution is 8.16. The van der Waals surface area contributed by atoms with Gasteiger partial charge < -0.3 is 10.1 Å². The van der Waals surface area contributed by atoms with Crippen molar-refractivity contribution in [2.75, 3.05) is 17.3 Å². The van der Waals surface area contributed by atoms with Gasteiger partial charge in [0, 0.05) is 18.2 Å². The van der Waals surface area contributed by atoms with Gasteiger partial charge >= 0.3 is 0 Å². The standard InChI is InChI=1S/C24H21N3O5S2/c1-32-19-12-8-9-17(15-19)25-22(28)16-21-23(29)27(18-10-4-2-5-11-18)24(33-21)26-34(30,31)20-13-6-3-7-14-20/h2-15,21H,16H2,1H3,(H,25,28)/t21-/m1/s1. The maximum absolute atomic E-state index is 13.3. The van der Waals surface area contributed by atoms with Crippen LogP contribution in [0.2, 0.25) is 0 Å². The summed E-state index contributed by atoms with van der Waals surface area (Å²) in [5.41, 5.74) is 0.998. The molecule has 2 amide bonds. The van der Waals surface area contributed by atoms with Gasteiger partial charge in [0.25, 0.3) is 10.0 Å². The van der Waals surface area contributed by atoms with Gasteiger partial charge in [0.05, 0.1) is 17.7 Å². The molecule has 0 aliphatic carbocycles. The van der Waals surface area contributed by atoms with Crippen molar-refractivity contribution in [2.45, 2.75) is 16.6 Å². The number of anilines is 2. The third-order valence-electron chi connectivity index (χ3n) is 4.91. The normalized spacial score (nSPS) is 17.1. The van der Waals surface area contributed by atoms with Crippen molar-refractivity contribution in [3.63, 3.8) is 0 Å². The Labute approximate surface area is 201 Å². The monoisotopic (exact) mass is 495 g/mol. The summed E-state index contributed by atoms with van der Waals surface area (Å²) in [7, 11) is -2.53. The molecule has 1 heterocycles. The predicted molar refractivity (Wildman–Crippen MR) is 133 cm³/mol. The van der Waals surface area contributed by atoms with Gasteiger partial charge in [-0.15, -0.1) is 4.40 Å². The zero-order valence-electron chi connectivity index (χ0n) is 18.1. The van der Waals surface area contributed by atoms with E-state index in [2.05, 4.69) is 9.71 Å². The van der Waals surface area contributed by atoms with E-state index in [1.54, 1.807) is 72.8 Å². The summed E-state index contributed by atoms with van der Waals surface area (Å²) in [6.45, 7) is 0. The molecule has 1 saturated heterocycles. The highest BCUT2D eigenvalue weighted by Crippen LogP contribution is 2.35. The average molecular weight is 496 g/mol. The van der Waals surface area contributed by atoms with Crippen LogP contribution in [0.3, 0.4) is 0 Å². The Balaban J connectivity index is 1.60. The molecule has 0 unspecified atom stereocenters. The molecule has 10 heteroatoms. The largest absolute Gasteiger partial charge is 0.497 e. The van der Waals surface area contributed by atoms with Crippen molar-refractivity contribution in [1.82, 2.24) is 0 Å². The van der Waals surface area contributed by atoms with E-state index in [0.29, 0.717) is 17.1 Å². The van der Waals surface area contributed by atoms with Gasteiger partial charge in [-0.05, 0) is 36.4 Å². The van der Waals surface area contributed by atoms with Crippen LogP contribution in [0.25, 0.3) is 0 Å². The maximum Gasteiger partial charge on any atom is 0.284 e. The van der Waals surface area contributed by atoms with Crippen molar-refractivity contribution in [1.29, 1.82) is 0 Å². The minimum atomic E-state index is -4.06. The Morgan fingerprint density at radius 3 is 2.38 bits per heavy atom. The van der Waals surface area contributed by atoms with Crippen LogP contribution < -0.4 is 15.0 Å². The lowest BCUT2D eigenvalue weighted by Gasteiger charge is -2.16. The van der Waals surface area contributed by atoms with Gasteiger partial charge in [0.2, 0.25) is 11.8 Å². The van der Waals surface area contributed by atoms with E-state index >= 15 is 0 Å². The number of thioether (sulfide) groups is 1. The first-order valence-electron chi connectivity index (χ1n) is 10.3. The van der Waals surface area contributed by atoms with E-state index in [0.717, 1.165) is 11.8 Å². The van der Waals surface area contributed by atoms with Gasteiger partial charge in [-0.3, -0.25) is 14.5 Å². The Bertz CT molecular complexity index is 1330. The molecule has 34 heavy (non-hydrogen) atoms. The van der Waals surface area contributed by atoms with Crippen molar-refractivity contribution >= 4 is 50.1 Å². The van der Waals surface area contributed by atoms with E-state index in [1.165, 1.54) is 24.1 Å². The highest BCUT2D eigenvalue weighted by atomic mass is 32.2. The molecular weight excluding hydrogens is 474 g/mol. The minimum Gasteiger partial charge on any atom is -0.497 e. The van der Waals surface area contributed by atoms with E-state index in [1.807, 2.05) is 0 Å². The second-order valence-corrected chi connectivity index (χ2v) is 10.0. The summed E-state index contributed by atoms with van der Waals surface area (Å²) in [6.07, 6.45) is -0.158. The number of carbonyl (C=O) groups excluding carboxylic acids is 2. The van der Waals surface area contributed by atoms with Gasteiger partial charge in [-0.1, -0.05) is 54.2 Å². The number of benzene rings is 3. The van der Waals surface area contributed by atoms with Gasteiger partial charge in [-0.25, -0.2) is 0 Å². The zero-order chi connectivity index (χ0) is 24.1. The molecule has 0 radical (unpaired) electrons. The van der Waals surface area contributed by atoms with Crippen molar-refractivity contribution in [3.8, 4) is 5.75 Å². The quantitative estimate of drug-likeness (QED) is 0.533. The van der Waals surface area contributed by atoms with Crippen LogP contribution in [0.15, 0.2) is 94.2 Å². The highest BCUT2D eigenvalue weighted by Gasteiger charge is 2.41. The van der Waals surface area contributed by atoms with Crippen LogP contribution in [0, 0.1) is 0 Å². The number of ether oxygens (including phenoxy) is 1. The number of hydrogen-bond acceptors (Lipinski definition) is 6. The van der Waals surface area contributed by atoms with Crippen LogP contribution >= 0.6 is 11.8 Å². The third kappa shape index (κ3) is 5.29. The predicted octanol–water partition coefficient (Wildman–Crippen LogP) is 3.92. The summed E-state index contributed by atoms with van der Waals surface area (Å²) in [4.78, 5) is 27.2. The molecule has 1 fully saturated rings. The van der Waals surface area contributed by atoms with E-state index in [4.69, 9.17) is 4.74 Å². The molecule has 3 aromatic rings. The molecule has 8 nitrogen and oxygen atoms in total. The number of para-hydroxylation sites is 1. The third-order valence-corrected chi connectivity index (χ3v) is 7.45. The first kappa shape index (κ1) is 23.5. The zero-order valence-corrected chi connectivity index (χ0v) is 19.8. The van der Waals surface area contributed by atoms with Crippen LogP contribution in [0.4, 0.5) is 11.4 Å². The lowest BCUT2D eigenvalue weighted by molar-refractivity contribution is -0.121. The topological polar surface area (TPSA) is 105 Å². The summed E-state index contributed by atoms with van der Waals surface area (Å²) in [5.74, 6) is -0.224. The number of amides is 2. The molecule has 3 aromatic carbocycles. The van der Waals surface area contributed by atoms with Crippen molar-refractivity contribution in [2.24, 2.45) is 4.40 Å². The van der Waals surface area contributed by atoms with Crippen LogP contribution in [-0.4, -0.2) is 37.8 Å². The first-order chi connectivity index (χ1) is 16.4. The first-order valence-corrected chi connectivity index (χ1v) is 12.6. The second kappa shape index (κ2) is 10.1. The number of rotatable bonds is 7. The van der Waals surface area contributed by atoms with E-state index < -0.39 is 21.2 Å². The molecule has 4 rings (SSSR count). The van der Waals surface area contributed by atoms with Gasteiger partial charge in [-0.2, -0.15) is 8.42 Å². The number of amidine groups is 1. The Kier molecular flexibility index (Phi) is 6.99. The molecule has 174 valence electrons. The minimum absolute atomic E-state index is 0.000710. The SMILES string of the molecule is COc1cccc(NC(=O)C[C@H]2SC(=NS(=O)(=O)c3ccccc3)N(c3ccccc3)C2=O)c1. The summed E-state index contributed by atoms with van der Waals surface area (Å²) >= 11 is 0.951. The second-order valence-electron chi connectivity index (χ2n) is 7.26. The number of nitrogens with zero attached hydrogens (tertiary/aromatic N) is 2. The van der Waals surface area contributed by atoms with Crippen LogP contribution in [0.5, 0.6) is 5.75 Å². The molecule has 0 spiro atoms. The maximum atomic E-state index is 13.3. The fourth-order valence-electron chi connectivity index (χ4n) is 3.30. The molecule has 1 atom stereocenters. The molecule has 0 aromatic heterocycles. The number of methoxy groups -OCH3 is 1. The van der Waals surface area contributed by atoms with Crippen LogP contribution in [-0.2, 0) is 19.6 Å². The molecule has 1 aliphatic heterocycles. The number of hydrogen-bond donors (Lipinski definition) is 1. The molecule has 0 bridgehead atoms. The summed E-state index contributed by atoms with van der Waals surface area (Å²) in [5, 5.41) is 1.91. The van der Waals surface area contributed by atoms with Crippen molar-refractivity contribution < 1.29 is 22.7 Å². The summed E-state index contributed by atoms with van der Waals surface area (Å²) in [6, 6.07) is 23.3. The van der Waals surface area contributed by atoms with Crippen molar-refractivity contribution in [3.05, 3.63) is 84.9 Å². The number of nitrogens with one attached hydrogen (secondary N) is 1. The Hall–Kier alpha value is -3.63. The van der Waals surface area contributed by atoms with Crippen LogP contribution in [0.1, 0.15) is 6.42 Å². The molecule has 0 saturated carbocycles. The smallest absolute Gasteiger partial charge is 0.284 e. The molecule has 1 aliphatic rings. The summed E-state index contributed by atoms with van der Waals surface area (Å²) < 4.78 is 34.9. The number of sulfonamides is 1. The Morgan fingerprint density at radius 1 is 1.03 bits per heavy atom. The number of carbonyl (C=O) groups is 2. The lowest BCUT2D eigenvalue weighted by Crippen LogP contribution is -2.33.